The minimum absolute atomic E-state index is 0.0411. The second kappa shape index (κ2) is 5.73. The Bertz CT molecular complexity index is 1160. The number of amidine groups is 1. The molecule has 0 saturated heterocycles. The molecule has 2 aromatic carbocycles. The van der Waals surface area contributed by atoms with Crippen LogP contribution in [0, 0.1) is 0 Å². The van der Waals surface area contributed by atoms with Crippen molar-refractivity contribution in [2.45, 2.75) is 25.9 Å². The number of hydrogen-bond donors (Lipinski definition) is 0. The van der Waals surface area contributed by atoms with Crippen LogP contribution in [-0.2, 0) is 13.5 Å². The summed E-state index contributed by atoms with van der Waals surface area (Å²) in [5.41, 5.74) is 3.47. The van der Waals surface area contributed by atoms with E-state index in [0.29, 0.717) is 0 Å². The molecule has 5 rings (SSSR count). The summed E-state index contributed by atoms with van der Waals surface area (Å²) in [6, 6.07) is 12.7. The predicted molar refractivity (Wildman–Crippen MR) is 103 cm³/mol. The molecule has 3 aromatic rings. The van der Waals surface area contributed by atoms with E-state index >= 15 is 0 Å². The number of hydrogen-bond acceptors (Lipinski definition) is 3. The molecule has 1 aromatic heterocycles. The van der Waals surface area contributed by atoms with E-state index in [1.54, 1.807) is 0 Å². The molecule has 2 aliphatic rings. The maximum atomic E-state index is 4.93. The van der Waals surface area contributed by atoms with Crippen molar-refractivity contribution >= 4 is 27.6 Å². The van der Waals surface area contributed by atoms with Gasteiger partial charge >= 0.3 is 0 Å². The first kappa shape index (κ1) is 15.2. The van der Waals surface area contributed by atoms with Gasteiger partial charge in [0.2, 0.25) is 0 Å². The van der Waals surface area contributed by atoms with Crippen molar-refractivity contribution in [3.63, 3.8) is 0 Å². The first-order valence-electron chi connectivity index (χ1n) is 8.95. The van der Waals surface area contributed by atoms with E-state index in [1.165, 1.54) is 21.9 Å². The van der Waals surface area contributed by atoms with Gasteiger partial charge in [0, 0.05) is 42.0 Å². The molecule has 0 radical (unpaired) electrons. The number of azo groups is 2. The van der Waals surface area contributed by atoms with Gasteiger partial charge in [0.1, 0.15) is 5.82 Å². The van der Waals surface area contributed by atoms with Gasteiger partial charge < -0.3 is 4.57 Å². The van der Waals surface area contributed by atoms with Crippen LogP contribution in [0.1, 0.15) is 19.2 Å². The van der Waals surface area contributed by atoms with E-state index in [-0.39, 0.29) is 6.17 Å². The number of allylic oxidation sites excluding steroid dienone is 2. The smallest absolute Gasteiger partial charge is 0.300 e. The molecule has 0 bridgehead atoms. The van der Waals surface area contributed by atoms with Crippen LogP contribution in [-0.4, -0.2) is 26.2 Å². The fraction of sp³-hybridized carbons (Fsp3) is 0.238. The second-order valence-corrected chi connectivity index (χ2v) is 6.89. The Kier molecular flexibility index (Phi) is 3.35. The van der Waals surface area contributed by atoms with E-state index in [2.05, 4.69) is 66.1 Å². The van der Waals surface area contributed by atoms with Gasteiger partial charge in [-0.1, -0.05) is 35.0 Å². The number of benzene rings is 2. The van der Waals surface area contributed by atoms with E-state index in [1.807, 2.05) is 17.0 Å². The maximum Gasteiger partial charge on any atom is 0.300 e. The Morgan fingerprint density at radius 3 is 2.88 bits per heavy atom. The number of aromatic nitrogens is 2. The minimum Gasteiger partial charge on any atom is -0.331 e. The van der Waals surface area contributed by atoms with E-state index in [4.69, 9.17) is 9.98 Å². The van der Waals surface area contributed by atoms with Crippen LogP contribution in [0.25, 0.3) is 21.8 Å². The van der Waals surface area contributed by atoms with Crippen LogP contribution in [0.5, 0.6) is 0 Å². The summed E-state index contributed by atoms with van der Waals surface area (Å²) >= 11 is 0. The Balaban J connectivity index is 1.46. The third kappa shape index (κ3) is 2.31. The highest BCUT2D eigenvalue weighted by molar-refractivity contribution is 6.04. The largest absolute Gasteiger partial charge is 0.331 e. The summed E-state index contributed by atoms with van der Waals surface area (Å²) in [7, 11) is 2.09. The number of nitrogens with zero attached hydrogens (tertiary/aromatic N) is 5. The highest BCUT2D eigenvalue weighted by atomic mass is 15.4. The molecule has 5 heteroatoms. The first-order chi connectivity index (χ1) is 12.7. The molecular formula is C21H20N5+. The van der Waals surface area contributed by atoms with Crippen molar-refractivity contribution in [3.05, 3.63) is 66.1 Å². The lowest BCUT2D eigenvalue weighted by atomic mass is 10.1. The van der Waals surface area contributed by atoms with Crippen molar-refractivity contribution in [2.24, 2.45) is 17.2 Å². The Hall–Kier alpha value is -3.08. The summed E-state index contributed by atoms with van der Waals surface area (Å²) in [5.74, 6) is 1.97. The zero-order chi connectivity index (χ0) is 17.7. The molecule has 2 aliphatic heterocycles. The lowest BCUT2D eigenvalue weighted by Crippen LogP contribution is -2.18. The Labute approximate surface area is 151 Å². The quantitative estimate of drug-likeness (QED) is 0.653. The van der Waals surface area contributed by atoms with Gasteiger partial charge in [0.25, 0.3) is 6.17 Å². The molecule has 3 heterocycles. The topological polar surface area (TPSA) is 45.5 Å². The zero-order valence-electron chi connectivity index (χ0n) is 14.9. The fourth-order valence-corrected chi connectivity index (χ4v) is 3.75. The third-order valence-electron chi connectivity index (χ3n) is 5.20. The molecule has 5 nitrogen and oxygen atoms in total. The Morgan fingerprint density at radius 2 is 2.00 bits per heavy atom. The lowest BCUT2D eigenvalue weighted by molar-refractivity contribution is -0.544. The minimum atomic E-state index is 0.0411. The van der Waals surface area contributed by atoms with Gasteiger partial charge in [-0.3, -0.25) is 0 Å². The summed E-state index contributed by atoms with van der Waals surface area (Å²) in [6.07, 6.45) is 7.76. The van der Waals surface area contributed by atoms with Crippen molar-refractivity contribution in [2.75, 3.05) is 0 Å². The van der Waals surface area contributed by atoms with Crippen LogP contribution in [0.15, 0.2) is 70.4 Å². The highest BCUT2D eigenvalue weighted by Crippen LogP contribution is 2.26. The zero-order valence-corrected chi connectivity index (χ0v) is 14.9. The number of rotatable bonds is 3. The van der Waals surface area contributed by atoms with Crippen LogP contribution in [0.3, 0.4) is 0 Å². The molecule has 26 heavy (non-hydrogen) atoms. The molecule has 1 atom stereocenters. The monoisotopic (exact) mass is 342 g/mol. The van der Waals surface area contributed by atoms with Crippen LogP contribution >= 0.6 is 0 Å². The van der Waals surface area contributed by atoms with Crippen LogP contribution in [0.4, 0.5) is 0 Å². The molecule has 0 fully saturated rings. The lowest BCUT2D eigenvalue weighted by Gasteiger charge is -2.03. The van der Waals surface area contributed by atoms with Crippen LogP contribution < -0.4 is 0 Å². The first-order valence-corrected chi connectivity index (χ1v) is 8.95. The van der Waals surface area contributed by atoms with Gasteiger partial charge in [-0.25, -0.2) is 4.98 Å². The summed E-state index contributed by atoms with van der Waals surface area (Å²) in [6.45, 7) is 2.10. The van der Waals surface area contributed by atoms with E-state index in [9.17, 15) is 0 Å². The van der Waals surface area contributed by atoms with Crippen molar-refractivity contribution < 1.29 is 4.70 Å². The van der Waals surface area contributed by atoms with Gasteiger partial charge in [-0.15, -0.1) is 0 Å². The Morgan fingerprint density at radius 1 is 1.12 bits per heavy atom. The SMILES string of the molecule is CC1=CC=C[N+]2=NC(CCc3nc4c5ccccc5ccc4n3C)=NC12. The molecule has 128 valence electrons. The van der Waals surface area contributed by atoms with Crippen molar-refractivity contribution in [1.29, 1.82) is 0 Å². The maximum absolute atomic E-state index is 4.93. The highest BCUT2D eigenvalue weighted by Gasteiger charge is 2.31. The number of imidazole rings is 1. The van der Waals surface area contributed by atoms with E-state index in [0.717, 1.165) is 30.0 Å². The molecule has 0 N–H and O–H groups in total. The average molecular weight is 342 g/mol. The van der Waals surface area contributed by atoms with Crippen molar-refractivity contribution in [1.82, 2.24) is 9.55 Å². The molecule has 0 amide bonds. The number of aliphatic imine (C=N–C) groups is 1. The fourth-order valence-electron chi connectivity index (χ4n) is 3.75. The molecule has 1 unspecified atom stereocenters. The summed E-state index contributed by atoms with van der Waals surface area (Å²) in [4.78, 5) is 9.69. The van der Waals surface area contributed by atoms with Gasteiger partial charge in [-0.05, 0) is 24.5 Å². The third-order valence-corrected chi connectivity index (χ3v) is 5.20. The van der Waals surface area contributed by atoms with Gasteiger partial charge in [0.05, 0.1) is 11.0 Å². The van der Waals surface area contributed by atoms with E-state index < -0.39 is 0 Å². The molecule has 0 spiro atoms. The van der Waals surface area contributed by atoms with Crippen LogP contribution in [0.2, 0.25) is 0 Å². The summed E-state index contributed by atoms with van der Waals surface area (Å²) in [5, 5.41) is 7.06. The van der Waals surface area contributed by atoms with Gasteiger partial charge in [-0.2, -0.15) is 4.99 Å². The van der Waals surface area contributed by atoms with Gasteiger partial charge in [0.15, 0.2) is 12.0 Å². The summed E-state index contributed by atoms with van der Waals surface area (Å²) < 4.78 is 4.13. The van der Waals surface area contributed by atoms with Crippen molar-refractivity contribution in [3.8, 4) is 0 Å². The number of aryl methyl sites for hydroxylation is 2. The molecular weight excluding hydrogens is 322 g/mol. The number of fused-ring (bicyclic) bond motifs is 4. The average Bonchev–Trinajstić information content (AvgIpc) is 3.22. The molecule has 0 saturated carbocycles. The normalized spacial score (nSPS) is 18.8. The predicted octanol–water partition coefficient (Wildman–Crippen LogP) is 4.34. The molecule has 0 aliphatic carbocycles. The second-order valence-electron chi connectivity index (χ2n) is 6.89. The standard InChI is InChI=1S/C21H20N5/c1-14-6-5-13-26-21(14)22-18(24-26)11-12-19-23-20-16-8-4-3-7-15(16)9-10-17(20)25(19)2/h3-10,13,21H,11-12H2,1-2H3/q+1.